The van der Waals surface area contributed by atoms with Crippen LogP contribution >= 0.6 is 27.5 Å². The summed E-state index contributed by atoms with van der Waals surface area (Å²) in [7, 11) is 1.38. The van der Waals surface area contributed by atoms with Gasteiger partial charge in [-0.1, -0.05) is 51.8 Å². The number of carbonyl (C=O) groups excluding carboxylic acids is 1. The summed E-state index contributed by atoms with van der Waals surface area (Å²) < 4.78 is 67.1. The Morgan fingerprint density at radius 3 is 2.53 bits per heavy atom. The highest BCUT2D eigenvalue weighted by atomic mass is 79.9. The van der Waals surface area contributed by atoms with Crippen LogP contribution in [0.2, 0.25) is 5.02 Å². The van der Waals surface area contributed by atoms with Crippen LogP contribution in [-0.2, 0) is 11.4 Å². The Hall–Kier alpha value is -3.37. The number of methoxy groups -OCH3 is 1. The molecule has 0 aromatic heterocycles. The summed E-state index contributed by atoms with van der Waals surface area (Å²) in [5, 5.41) is 4.18. The van der Waals surface area contributed by atoms with E-state index in [-0.39, 0.29) is 39.9 Å². The number of benzene rings is 3. The Balaban J connectivity index is 1.69. The number of halogens is 6. The maximum atomic E-state index is 14.2. The van der Waals surface area contributed by atoms with Crippen molar-refractivity contribution in [1.82, 2.24) is 0 Å². The van der Waals surface area contributed by atoms with Crippen LogP contribution in [0.5, 0.6) is 11.5 Å². The second-order valence-electron chi connectivity index (χ2n) is 7.51. The first-order valence-electron chi connectivity index (χ1n) is 10.3. The zero-order valence-electron chi connectivity index (χ0n) is 18.4. The van der Waals surface area contributed by atoms with Crippen molar-refractivity contribution in [1.29, 1.82) is 0 Å². The molecule has 1 heterocycles. The van der Waals surface area contributed by atoms with Crippen molar-refractivity contribution in [2.24, 2.45) is 5.10 Å². The van der Waals surface area contributed by atoms with Crippen LogP contribution in [0.3, 0.4) is 0 Å². The summed E-state index contributed by atoms with van der Waals surface area (Å²) in [6.45, 7) is -0.215. The van der Waals surface area contributed by atoms with E-state index in [0.717, 1.165) is 6.08 Å². The van der Waals surface area contributed by atoms with Crippen LogP contribution in [0, 0.1) is 5.82 Å². The van der Waals surface area contributed by atoms with Gasteiger partial charge in [0.25, 0.3) is 5.91 Å². The third-order valence-electron chi connectivity index (χ3n) is 5.11. The number of carbonyl (C=O) groups is 1. The molecule has 186 valence electrons. The first-order valence-corrected chi connectivity index (χ1v) is 11.5. The predicted octanol–water partition coefficient (Wildman–Crippen LogP) is 7.18. The van der Waals surface area contributed by atoms with Crippen LogP contribution in [0.15, 0.2) is 75.8 Å². The second kappa shape index (κ2) is 10.3. The van der Waals surface area contributed by atoms with Gasteiger partial charge < -0.3 is 9.47 Å². The zero-order chi connectivity index (χ0) is 26.0. The first kappa shape index (κ1) is 25.7. The molecule has 0 N–H and O–H groups in total. The number of hydrogen-bond donors (Lipinski definition) is 0. The number of alkyl halides is 3. The molecule has 3 aromatic carbocycles. The molecule has 1 amide bonds. The summed E-state index contributed by atoms with van der Waals surface area (Å²) in [6.07, 6.45) is -3.81. The number of ether oxygens (including phenoxy) is 2. The van der Waals surface area contributed by atoms with E-state index in [2.05, 4.69) is 21.0 Å². The first-order chi connectivity index (χ1) is 17.1. The topological polar surface area (TPSA) is 51.1 Å². The highest BCUT2D eigenvalue weighted by Crippen LogP contribution is 2.35. The lowest BCUT2D eigenvalue weighted by atomic mass is 10.1. The maximum Gasteiger partial charge on any atom is 0.435 e. The average molecular weight is 584 g/mol. The summed E-state index contributed by atoms with van der Waals surface area (Å²) in [6, 6.07) is 14.9. The molecule has 0 saturated heterocycles. The van der Waals surface area contributed by atoms with E-state index in [1.807, 2.05) is 0 Å². The normalized spacial score (nSPS) is 14.9. The van der Waals surface area contributed by atoms with Gasteiger partial charge in [-0.25, -0.2) is 4.39 Å². The molecule has 0 bridgehead atoms. The molecule has 0 spiro atoms. The molecule has 4 rings (SSSR count). The molecule has 5 nitrogen and oxygen atoms in total. The molecule has 0 saturated carbocycles. The number of nitrogens with zero attached hydrogens (tertiary/aromatic N) is 2. The summed E-state index contributed by atoms with van der Waals surface area (Å²) >= 11 is 9.03. The highest BCUT2D eigenvalue weighted by molar-refractivity contribution is 9.10. The molecule has 0 unspecified atom stereocenters. The van der Waals surface area contributed by atoms with E-state index in [4.69, 9.17) is 21.1 Å². The minimum atomic E-state index is -4.88. The fourth-order valence-corrected chi connectivity index (χ4v) is 4.00. The average Bonchev–Trinajstić information content (AvgIpc) is 3.16. The third-order valence-corrected chi connectivity index (χ3v) is 5.90. The molecule has 1 aliphatic heterocycles. The Bertz CT molecular complexity index is 1390. The minimum absolute atomic E-state index is 0.0738. The van der Waals surface area contributed by atoms with Crippen LogP contribution in [0.4, 0.5) is 23.2 Å². The van der Waals surface area contributed by atoms with Crippen LogP contribution in [0.1, 0.15) is 11.1 Å². The molecule has 36 heavy (non-hydrogen) atoms. The Morgan fingerprint density at radius 2 is 1.83 bits per heavy atom. The number of rotatable bonds is 6. The molecule has 0 fully saturated rings. The van der Waals surface area contributed by atoms with Gasteiger partial charge in [-0.15, -0.1) is 0 Å². The van der Waals surface area contributed by atoms with Gasteiger partial charge in [-0.2, -0.15) is 23.3 Å². The van der Waals surface area contributed by atoms with Crippen molar-refractivity contribution < 1.29 is 31.8 Å². The van der Waals surface area contributed by atoms with Gasteiger partial charge in [0.05, 0.1) is 23.4 Å². The second-order valence-corrected chi connectivity index (χ2v) is 8.84. The SMILES string of the molecule is COc1ccc(/C=C2\C(=O)N(c3cccc(Br)c3)N=C2C(F)(F)F)cc1OCc1cccc(Cl)c1F. The molecular formula is C25H16BrClF4N2O3. The monoisotopic (exact) mass is 582 g/mol. The Labute approximate surface area is 216 Å². The van der Waals surface area contributed by atoms with Crippen molar-refractivity contribution in [3.8, 4) is 11.5 Å². The molecule has 11 heteroatoms. The van der Waals surface area contributed by atoms with Crippen molar-refractivity contribution in [2.45, 2.75) is 12.8 Å². The Kier molecular flexibility index (Phi) is 7.37. The minimum Gasteiger partial charge on any atom is -0.493 e. The quantitative estimate of drug-likeness (QED) is 0.228. The molecular weight excluding hydrogens is 568 g/mol. The standard InChI is InChI=1S/C25H16BrClF4N2O3/c1-35-20-9-8-14(11-21(20)36-13-15-4-2-7-19(27)22(15)28)10-18-23(25(29,30)31)32-33(24(18)34)17-6-3-5-16(26)12-17/h2-12H,13H2,1H3/b18-10-. The van der Waals surface area contributed by atoms with Crippen molar-refractivity contribution in [3.05, 3.63) is 92.7 Å². The van der Waals surface area contributed by atoms with E-state index in [0.29, 0.717) is 9.48 Å². The maximum absolute atomic E-state index is 14.2. The van der Waals surface area contributed by atoms with Crippen molar-refractivity contribution in [2.75, 3.05) is 12.1 Å². The van der Waals surface area contributed by atoms with E-state index in [1.54, 1.807) is 18.2 Å². The fraction of sp³-hybridized carbons (Fsp3) is 0.120. The van der Waals surface area contributed by atoms with Gasteiger partial charge in [-0.3, -0.25) is 4.79 Å². The van der Waals surface area contributed by atoms with Gasteiger partial charge in [0.15, 0.2) is 17.2 Å². The van der Waals surface area contributed by atoms with Crippen LogP contribution < -0.4 is 14.5 Å². The molecule has 3 aromatic rings. The molecule has 0 atom stereocenters. The highest BCUT2D eigenvalue weighted by Gasteiger charge is 2.46. The van der Waals surface area contributed by atoms with Gasteiger partial charge in [0.2, 0.25) is 0 Å². The largest absolute Gasteiger partial charge is 0.493 e. The number of hydrogen-bond acceptors (Lipinski definition) is 4. The molecule has 0 aliphatic carbocycles. The van der Waals surface area contributed by atoms with E-state index in [1.165, 1.54) is 49.6 Å². The Morgan fingerprint density at radius 1 is 1.08 bits per heavy atom. The van der Waals surface area contributed by atoms with Crippen LogP contribution in [0.25, 0.3) is 6.08 Å². The van der Waals surface area contributed by atoms with E-state index in [9.17, 15) is 22.4 Å². The lowest BCUT2D eigenvalue weighted by Crippen LogP contribution is -2.25. The number of hydrazone groups is 1. The van der Waals surface area contributed by atoms with Gasteiger partial charge in [0, 0.05) is 10.0 Å². The number of amides is 1. The van der Waals surface area contributed by atoms with Crippen molar-refractivity contribution in [3.63, 3.8) is 0 Å². The number of anilines is 1. The van der Waals surface area contributed by atoms with Gasteiger partial charge in [0.1, 0.15) is 12.4 Å². The van der Waals surface area contributed by atoms with Crippen molar-refractivity contribution >= 4 is 50.9 Å². The van der Waals surface area contributed by atoms with E-state index >= 15 is 0 Å². The lowest BCUT2D eigenvalue weighted by Gasteiger charge is -2.13. The third kappa shape index (κ3) is 5.39. The summed E-state index contributed by atoms with van der Waals surface area (Å²) in [4.78, 5) is 13.0. The summed E-state index contributed by atoms with van der Waals surface area (Å²) in [5.74, 6) is -1.20. The smallest absolute Gasteiger partial charge is 0.435 e. The zero-order valence-corrected chi connectivity index (χ0v) is 20.8. The van der Waals surface area contributed by atoms with E-state index < -0.39 is 29.2 Å². The van der Waals surface area contributed by atoms with Crippen LogP contribution in [-0.4, -0.2) is 24.9 Å². The van der Waals surface area contributed by atoms with Gasteiger partial charge >= 0.3 is 6.18 Å². The van der Waals surface area contributed by atoms with Gasteiger partial charge in [-0.05, 0) is 48.0 Å². The fourth-order valence-electron chi connectivity index (χ4n) is 3.41. The lowest BCUT2D eigenvalue weighted by molar-refractivity contribution is -0.114. The molecule has 0 radical (unpaired) electrons. The summed E-state index contributed by atoms with van der Waals surface area (Å²) in [5.41, 5.74) is -1.41. The molecule has 1 aliphatic rings. The predicted molar refractivity (Wildman–Crippen MR) is 132 cm³/mol.